The molecule has 0 atom stereocenters. The van der Waals surface area contributed by atoms with Crippen LogP contribution in [0.2, 0.25) is 0 Å². The third-order valence-electron chi connectivity index (χ3n) is 3.73. The normalized spacial score (nSPS) is 10.8. The fourth-order valence-electron chi connectivity index (χ4n) is 2.46. The van der Waals surface area contributed by atoms with Gasteiger partial charge in [-0.05, 0) is 38.5 Å². The molecule has 0 bridgehead atoms. The summed E-state index contributed by atoms with van der Waals surface area (Å²) in [4.78, 5) is 25.0. The van der Waals surface area contributed by atoms with E-state index in [4.69, 9.17) is 5.11 Å². The summed E-state index contributed by atoms with van der Waals surface area (Å²) in [6, 6.07) is 6.72. The van der Waals surface area contributed by atoms with Gasteiger partial charge in [0.25, 0.3) is 5.91 Å². The molecular formula is C17H21N3O3. The molecule has 1 heterocycles. The number of carboxylic acid groups (broad SMARTS) is 1. The third-order valence-corrected chi connectivity index (χ3v) is 3.73. The maximum Gasteiger partial charge on any atom is 0.335 e. The second-order valence-electron chi connectivity index (χ2n) is 5.85. The van der Waals surface area contributed by atoms with Crippen molar-refractivity contribution in [3.8, 4) is 0 Å². The van der Waals surface area contributed by atoms with Gasteiger partial charge in [0.05, 0.1) is 17.3 Å². The summed E-state index contributed by atoms with van der Waals surface area (Å²) < 4.78 is 1.82. The lowest BCUT2D eigenvalue weighted by molar-refractivity contribution is 0.0695. The summed E-state index contributed by atoms with van der Waals surface area (Å²) in [5.41, 5.74) is 2.54. The number of aromatic carboxylic acids is 1. The first-order valence-corrected chi connectivity index (χ1v) is 7.43. The van der Waals surface area contributed by atoms with Crippen molar-refractivity contribution in [2.45, 2.75) is 33.4 Å². The first-order valence-electron chi connectivity index (χ1n) is 7.43. The zero-order valence-corrected chi connectivity index (χ0v) is 13.8. The Morgan fingerprint density at radius 2 is 1.87 bits per heavy atom. The number of benzene rings is 1. The standard InChI is InChI=1S/C17H21N3O3/c1-11(2)20-12(3)15(9-18-20)16(21)19(4)10-13-5-7-14(8-6-13)17(22)23/h5-9,11H,10H2,1-4H3,(H,22,23). The van der Waals surface area contributed by atoms with E-state index >= 15 is 0 Å². The molecule has 6 nitrogen and oxygen atoms in total. The molecule has 0 spiro atoms. The molecule has 0 saturated carbocycles. The van der Waals surface area contributed by atoms with E-state index in [1.807, 2.05) is 25.5 Å². The molecule has 2 aromatic rings. The van der Waals surface area contributed by atoms with Crippen molar-refractivity contribution in [2.24, 2.45) is 0 Å². The van der Waals surface area contributed by atoms with Gasteiger partial charge in [-0.2, -0.15) is 5.10 Å². The topological polar surface area (TPSA) is 75.4 Å². The van der Waals surface area contributed by atoms with Crippen LogP contribution in [0.15, 0.2) is 30.5 Å². The smallest absolute Gasteiger partial charge is 0.335 e. The average Bonchev–Trinajstić information content (AvgIpc) is 2.88. The fourth-order valence-corrected chi connectivity index (χ4v) is 2.46. The van der Waals surface area contributed by atoms with E-state index in [2.05, 4.69) is 5.10 Å². The number of nitrogens with zero attached hydrogens (tertiary/aromatic N) is 3. The van der Waals surface area contributed by atoms with Gasteiger partial charge in [0, 0.05) is 25.3 Å². The maximum absolute atomic E-state index is 12.6. The summed E-state index contributed by atoms with van der Waals surface area (Å²) >= 11 is 0. The monoisotopic (exact) mass is 315 g/mol. The molecule has 0 radical (unpaired) electrons. The van der Waals surface area contributed by atoms with Crippen molar-refractivity contribution in [1.29, 1.82) is 0 Å². The lowest BCUT2D eigenvalue weighted by atomic mass is 10.1. The number of rotatable bonds is 5. The Labute approximate surface area is 135 Å². The van der Waals surface area contributed by atoms with Crippen molar-refractivity contribution >= 4 is 11.9 Å². The molecular weight excluding hydrogens is 294 g/mol. The Kier molecular flexibility index (Phi) is 4.83. The zero-order valence-electron chi connectivity index (χ0n) is 13.8. The number of carboxylic acids is 1. The molecule has 2 rings (SSSR count). The number of hydrogen-bond acceptors (Lipinski definition) is 3. The highest BCUT2D eigenvalue weighted by Crippen LogP contribution is 2.16. The van der Waals surface area contributed by atoms with Crippen LogP contribution in [0, 0.1) is 6.92 Å². The Morgan fingerprint density at radius 3 is 2.35 bits per heavy atom. The van der Waals surface area contributed by atoms with Crippen molar-refractivity contribution in [3.63, 3.8) is 0 Å². The molecule has 0 aliphatic rings. The van der Waals surface area contributed by atoms with E-state index in [1.54, 1.807) is 30.3 Å². The van der Waals surface area contributed by atoms with Crippen molar-refractivity contribution in [3.05, 3.63) is 52.8 Å². The number of carbonyl (C=O) groups excluding carboxylic acids is 1. The van der Waals surface area contributed by atoms with Crippen molar-refractivity contribution in [1.82, 2.24) is 14.7 Å². The van der Waals surface area contributed by atoms with Gasteiger partial charge < -0.3 is 10.0 Å². The Hall–Kier alpha value is -2.63. The van der Waals surface area contributed by atoms with Crippen LogP contribution in [0.1, 0.15) is 51.9 Å². The Balaban J connectivity index is 2.12. The molecule has 1 amide bonds. The van der Waals surface area contributed by atoms with Crippen LogP contribution in [0.5, 0.6) is 0 Å². The number of amides is 1. The predicted molar refractivity (Wildman–Crippen MR) is 86.5 cm³/mol. The first kappa shape index (κ1) is 16.7. The quantitative estimate of drug-likeness (QED) is 0.920. The first-order chi connectivity index (χ1) is 10.8. The van der Waals surface area contributed by atoms with Gasteiger partial charge in [-0.1, -0.05) is 12.1 Å². The predicted octanol–water partition coefficient (Wildman–Crippen LogP) is 2.74. The van der Waals surface area contributed by atoms with Gasteiger partial charge in [0.1, 0.15) is 0 Å². The Morgan fingerprint density at radius 1 is 1.26 bits per heavy atom. The minimum absolute atomic E-state index is 0.100. The third kappa shape index (κ3) is 3.59. The molecule has 0 saturated heterocycles. The van der Waals surface area contributed by atoms with Gasteiger partial charge in [-0.25, -0.2) is 4.79 Å². The molecule has 23 heavy (non-hydrogen) atoms. The molecule has 122 valence electrons. The summed E-state index contributed by atoms with van der Waals surface area (Å²) in [7, 11) is 1.72. The van der Waals surface area contributed by atoms with E-state index < -0.39 is 5.97 Å². The lowest BCUT2D eigenvalue weighted by Crippen LogP contribution is -2.26. The van der Waals surface area contributed by atoms with Crippen LogP contribution in [0.25, 0.3) is 0 Å². The van der Waals surface area contributed by atoms with E-state index in [0.29, 0.717) is 12.1 Å². The molecule has 1 aromatic carbocycles. The summed E-state index contributed by atoms with van der Waals surface area (Å²) in [5.74, 6) is -1.06. The molecule has 0 aliphatic carbocycles. The van der Waals surface area contributed by atoms with Crippen LogP contribution in [-0.2, 0) is 6.54 Å². The summed E-state index contributed by atoms with van der Waals surface area (Å²) in [5, 5.41) is 13.2. The van der Waals surface area contributed by atoms with Crippen molar-refractivity contribution in [2.75, 3.05) is 7.05 Å². The number of aromatic nitrogens is 2. The van der Waals surface area contributed by atoms with Gasteiger partial charge in [-0.15, -0.1) is 0 Å². The highest BCUT2D eigenvalue weighted by molar-refractivity contribution is 5.95. The van der Waals surface area contributed by atoms with Gasteiger partial charge in [0.15, 0.2) is 0 Å². The average molecular weight is 315 g/mol. The second kappa shape index (κ2) is 6.64. The highest BCUT2D eigenvalue weighted by Gasteiger charge is 2.19. The SMILES string of the molecule is Cc1c(C(=O)N(C)Cc2ccc(C(=O)O)cc2)cnn1C(C)C. The van der Waals surface area contributed by atoms with Crippen LogP contribution >= 0.6 is 0 Å². The van der Waals surface area contributed by atoms with Gasteiger partial charge in [0.2, 0.25) is 0 Å². The van der Waals surface area contributed by atoms with E-state index in [0.717, 1.165) is 11.3 Å². The minimum Gasteiger partial charge on any atom is -0.478 e. The number of carbonyl (C=O) groups is 2. The van der Waals surface area contributed by atoms with E-state index in [1.165, 1.54) is 12.1 Å². The zero-order chi connectivity index (χ0) is 17.1. The maximum atomic E-state index is 12.6. The molecule has 0 aliphatic heterocycles. The van der Waals surface area contributed by atoms with Crippen LogP contribution in [0.3, 0.4) is 0 Å². The Bertz CT molecular complexity index is 717. The molecule has 1 aromatic heterocycles. The summed E-state index contributed by atoms with van der Waals surface area (Å²) in [6.07, 6.45) is 1.60. The van der Waals surface area contributed by atoms with Gasteiger partial charge in [-0.3, -0.25) is 9.48 Å². The fraction of sp³-hybridized carbons (Fsp3) is 0.353. The van der Waals surface area contributed by atoms with Crippen molar-refractivity contribution < 1.29 is 14.7 Å². The van der Waals surface area contributed by atoms with Crippen LogP contribution in [-0.4, -0.2) is 38.7 Å². The number of hydrogen-bond donors (Lipinski definition) is 1. The van der Waals surface area contributed by atoms with Crippen LogP contribution in [0.4, 0.5) is 0 Å². The van der Waals surface area contributed by atoms with Crippen LogP contribution < -0.4 is 0 Å². The molecule has 1 N–H and O–H groups in total. The second-order valence-corrected chi connectivity index (χ2v) is 5.85. The largest absolute Gasteiger partial charge is 0.478 e. The lowest BCUT2D eigenvalue weighted by Gasteiger charge is -2.17. The van der Waals surface area contributed by atoms with Gasteiger partial charge >= 0.3 is 5.97 Å². The highest BCUT2D eigenvalue weighted by atomic mass is 16.4. The minimum atomic E-state index is -0.960. The van der Waals surface area contributed by atoms with E-state index in [9.17, 15) is 9.59 Å². The molecule has 0 unspecified atom stereocenters. The molecule has 6 heteroatoms. The summed E-state index contributed by atoms with van der Waals surface area (Å²) in [6.45, 7) is 6.32. The molecule has 0 fully saturated rings. The van der Waals surface area contributed by atoms with E-state index in [-0.39, 0.29) is 17.5 Å².